The third kappa shape index (κ3) is 7.38. The van der Waals surface area contributed by atoms with Crippen molar-refractivity contribution in [1.82, 2.24) is 0 Å². The van der Waals surface area contributed by atoms with Crippen LogP contribution in [0.4, 0.5) is 0 Å². The summed E-state index contributed by atoms with van der Waals surface area (Å²) in [7, 11) is 0. The molecule has 2 aromatic rings. The van der Waals surface area contributed by atoms with E-state index in [1.807, 2.05) is 6.07 Å². The Labute approximate surface area is 142 Å². The van der Waals surface area contributed by atoms with Gasteiger partial charge in [-0.15, -0.1) is 0 Å². The first-order valence-electron chi connectivity index (χ1n) is 8.28. The Morgan fingerprint density at radius 3 is 2.09 bits per heavy atom. The Hall–Kier alpha value is -1.74. The lowest BCUT2D eigenvalue weighted by Crippen LogP contribution is -1.93. The van der Waals surface area contributed by atoms with Gasteiger partial charge in [0.2, 0.25) is 0 Å². The second-order valence-electron chi connectivity index (χ2n) is 5.72. The zero-order valence-corrected chi connectivity index (χ0v) is 14.2. The van der Waals surface area contributed by atoms with Crippen LogP contribution in [-0.4, -0.2) is 11.1 Å². The number of hydrogen-bond donors (Lipinski definition) is 1. The summed E-state index contributed by atoms with van der Waals surface area (Å²) < 4.78 is 0. The van der Waals surface area contributed by atoms with E-state index in [1.54, 1.807) is 11.8 Å². The number of aliphatic carboxylic acids is 1. The molecule has 2 aromatic carbocycles. The quantitative estimate of drug-likeness (QED) is 0.560. The largest absolute Gasteiger partial charge is 0.481 e. The lowest BCUT2D eigenvalue weighted by Gasteiger charge is -2.05. The summed E-state index contributed by atoms with van der Waals surface area (Å²) in [6, 6.07) is 19.2. The number of carboxylic acids is 1. The van der Waals surface area contributed by atoms with Crippen molar-refractivity contribution in [3.8, 4) is 0 Å². The molecule has 0 atom stereocenters. The average molecular weight is 328 g/mol. The second-order valence-corrected chi connectivity index (χ2v) is 6.87. The highest BCUT2D eigenvalue weighted by molar-refractivity contribution is 7.99. The van der Waals surface area contributed by atoms with Crippen LogP contribution in [0, 0.1) is 0 Å². The van der Waals surface area contributed by atoms with E-state index in [0.29, 0.717) is 6.42 Å². The van der Waals surface area contributed by atoms with Crippen LogP contribution in [0.5, 0.6) is 0 Å². The molecular formula is C20H24O2S. The third-order valence-electron chi connectivity index (χ3n) is 3.76. The SMILES string of the molecule is O=C(O)CCCCCCCc1ccc(Sc2ccccc2)cc1. The summed E-state index contributed by atoms with van der Waals surface area (Å²) in [6.07, 6.45) is 6.74. The van der Waals surface area contributed by atoms with Gasteiger partial charge in [-0.05, 0) is 49.1 Å². The third-order valence-corrected chi connectivity index (χ3v) is 4.77. The summed E-state index contributed by atoms with van der Waals surface area (Å²) in [5.74, 6) is -0.682. The zero-order valence-electron chi connectivity index (χ0n) is 13.4. The zero-order chi connectivity index (χ0) is 16.3. The fraction of sp³-hybridized carbons (Fsp3) is 0.350. The van der Waals surface area contributed by atoms with Crippen LogP contribution >= 0.6 is 11.8 Å². The van der Waals surface area contributed by atoms with Gasteiger partial charge in [-0.3, -0.25) is 4.79 Å². The number of aryl methyl sites for hydroxylation is 1. The topological polar surface area (TPSA) is 37.3 Å². The van der Waals surface area contributed by atoms with Gasteiger partial charge in [0.05, 0.1) is 0 Å². The van der Waals surface area contributed by atoms with Gasteiger partial charge in [-0.2, -0.15) is 0 Å². The molecule has 0 fully saturated rings. The van der Waals surface area contributed by atoms with Crippen molar-refractivity contribution in [1.29, 1.82) is 0 Å². The highest BCUT2D eigenvalue weighted by Gasteiger charge is 1.99. The van der Waals surface area contributed by atoms with Crippen LogP contribution in [0.15, 0.2) is 64.4 Å². The number of hydrogen-bond acceptors (Lipinski definition) is 2. The van der Waals surface area contributed by atoms with Crippen LogP contribution in [0.3, 0.4) is 0 Å². The average Bonchev–Trinajstić information content (AvgIpc) is 2.56. The van der Waals surface area contributed by atoms with Crippen molar-refractivity contribution in [3.63, 3.8) is 0 Å². The molecule has 0 aliphatic rings. The maximum Gasteiger partial charge on any atom is 0.303 e. The molecule has 23 heavy (non-hydrogen) atoms. The van der Waals surface area contributed by atoms with Gasteiger partial charge in [0, 0.05) is 16.2 Å². The molecule has 0 aliphatic carbocycles. The fourth-order valence-electron chi connectivity index (χ4n) is 2.48. The lowest BCUT2D eigenvalue weighted by atomic mass is 10.1. The van der Waals surface area contributed by atoms with E-state index in [4.69, 9.17) is 5.11 Å². The lowest BCUT2D eigenvalue weighted by molar-refractivity contribution is -0.137. The Kier molecular flexibility index (Phi) is 7.74. The number of carbonyl (C=O) groups is 1. The molecule has 3 heteroatoms. The van der Waals surface area contributed by atoms with E-state index in [1.165, 1.54) is 28.2 Å². The smallest absolute Gasteiger partial charge is 0.303 e. The summed E-state index contributed by atoms with van der Waals surface area (Å²) in [5, 5.41) is 8.58. The second kappa shape index (κ2) is 10.1. The molecule has 0 spiro atoms. The summed E-state index contributed by atoms with van der Waals surface area (Å²) >= 11 is 1.79. The standard InChI is InChI=1S/C20H24O2S/c21-20(22)12-8-3-1-2-5-9-17-13-15-19(16-14-17)23-18-10-6-4-7-11-18/h4,6-7,10-11,13-16H,1-3,5,8-9,12H2,(H,21,22). The molecule has 1 N–H and O–H groups in total. The van der Waals surface area contributed by atoms with E-state index < -0.39 is 5.97 Å². The molecule has 0 radical (unpaired) electrons. The summed E-state index contributed by atoms with van der Waals surface area (Å²) in [5.41, 5.74) is 1.38. The molecule has 122 valence electrons. The Morgan fingerprint density at radius 2 is 1.39 bits per heavy atom. The van der Waals surface area contributed by atoms with E-state index in [-0.39, 0.29) is 0 Å². The first-order valence-corrected chi connectivity index (χ1v) is 9.09. The first kappa shape index (κ1) is 17.6. The minimum atomic E-state index is -0.682. The van der Waals surface area contributed by atoms with Gasteiger partial charge in [0.1, 0.15) is 0 Å². The normalized spacial score (nSPS) is 10.6. The van der Waals surface area contributed by atoms with Gasteiger partial charge in [-0.25, -0.2) is 0 Å². The van der Waals surface area contributed by atoms with Crippen molar-refractivity contribution < 1.29 is 9.90 Å². The van der Waals surface area contributed by atoms with Crippen LogP contribution < -0.4 is 0 Å². The molecular weight excluding hydrogens is 304 g/mol. The molecule has 2 nitrogen and oxygen atoms in total. The molecule has 2 rings (SSSR count). The molecule has 0 saturated heterocycles. The maximum atomic E-state index is 10.4. The van der Waals surface area contributed by atoms with Crippen LogP contribution in [0.25, 0.3) is 0 Å². The van der Waals surface area contributed by atoms with Crippen molar-refractivity contribution in [2.24, 2.45) is 0 Å². The molecule has 0 heterocycles. The van der Waals surface area contributed by atoms with Gasteiger partial charge in [0.15, 0.2) is 0 Å². The van der Waals surface area contributed by atoms with Gasteiger partial charge in [-0.1, -0.05) is 61.4 Å². The molecule has 0 aliphatic heterocycles. The molecule has 0 saturated carbocycles. The van der Waals surface area contributed by atoms with E-state index >= 15 is 0 Å². The van der Waals surface area contributed by atoms with E-state index in [2.05, 4.69) is 48.5 Å². The highest BCUT2D eigenvalue weighted by atomic mass is 32.2. The van der Waals surface area contributed by atoms with Crippen molar-refractivity contribution in [2.45, 2.75) is 54.7 Å². The predicted molar refractivity (Wildman–Crippen MR) is 96.0 cm³/mol. The van der Waals surface area contributed by atoms with Crippen LogP contribution in [0.1, 0.15) is 44.1 Å². The van der Waals surface area contributed by atoms with Gasteiger partial charge in [0.25, 0.3) is 0 Å². The number of unbranched alkanes of at least 4 members (excludes halogenated alkanes) is 4. The first-order chi connectivity index (χ1) is 11.2. The Bertz CT molecular complexity index is 578. The maximum absolute atomic E-state index is 10.4. The molecule has 0 aromatic heterocycles. The van der Waals surface area contributed by atoms with Gasteiger partial charge < -0.3 is 5.11 Å². The Balaban J connectivity index is 1.64. The minimum absolute atomic E-state index is 0.306. The molecule has 0 bridgehead atoms. The minimum Gasteiger partial charge on any atom is -0.481 e. The van der Waals surface area contributed by atoms with E-state index in [9.17, 15) is 4.79 Å². The van der Waals surface area contributed by atoms with Crippen LogP contribution in [0.2, 0.25) is 0 Å². The van der Waals surface area contributed by atoms with Crippen molar-refractivity contribution in [2.75, 3.05) is 0 Å². The Morgan fingerprint density at radius 1 is 0.783 bits per heavy atom. The molecule has 0 unspecified atom stereocenters. The fourth-order valence-corrected chi connectivity index (χ4v) is 3.32. The summed E-state index contributed by atoms with van der Waals surface area (Å²) in [6.45, 7) is 0. The highest BCUT2D eigenvalue weighted by Crippen LogP contribution is 2.27. The van der Waals surface area contributed by atoms with E-state index in [0.717, 1.165) is 25.7 Å². The van der Waals surface area contributed by atoms with Gasteiger partial charge >= 0.3 is 5.97 Å². The number of rotatable bonds is 10. The van der Waals surface area contributed by atoms with Crippen LogP contribution in [-0.2, 0) is 11.2 Å². The van der Waals surface area contributed by atoms with Crippen molar-refractivity contribution in [3.05, 3.63) is 60.2 Å². The monoisotopic (exact) mass is 328 g/mol. The summed E-state index contributed by atoms with van der Waals surface area (Å²) in [4.78, 5) is 13.0. The number of carboxylic acid groups (broad SMARTS) is 1. The predicted octanol–water partition coefficient (Wildman–Crippen LogP) is 5.81. The molecule has 0 amide bonds. The van der Waals surface area contributed by atoms with Crippen molar-refractivity contribution >= 4 is 17.7 Å². The number of benzene rings is 2.